The van der Waals surface area contributed by atoms with Crippen molar-refractivity contribution < 1.29 is 18.0 Å². The van der Waals surface area contributed by atoms with Crippen LogP contribution in [0.2, 0.25) is 0 Å². The molecule has 0 aliphatic carbocycles. The number of anilines is 2. The summed E-state index contributed by atoms with van der Waals surface area (Å²) in [6, 6.07) is 4.92. The number of carbonyl (C=O) groups excluding carboxylic acids is 1. The average Bonchev–Trinajstić information content (AvgIpc) is 2.26. The van der Waals surface area contributed by atoms with E-state index in [0.717, 1.165) is 5.56 Å². The Balaban J connectivity index is 2.23. The standard InChI is InChI=1S/C12H13F3N2O/c13-12(14,15)5-6-17-10-3-2-9(16)7-8(10)1-4-11(17)18/h2-3,7H,1,4-6,16H2. The van der Waals surface area contributed by atoms with Crippen molar-refractivity contribution >= 4 is 17.3 Å². The van der Waals surface area contributed by atoms with Gasteiger partial charge in [0.1, 0.15) is 0 Å². The number of rotatable bonds is 2. The Morgan fingerprint density at radius 2 is 2.00 bits per heavy atom. The smallest absolute Gasteiger partial charge is 0.390 e. The Bertz CT molecular complexity index is 471. The maximum absolute atomic E-state index is 12.2. The first-order valence-corrected chi connectivity index (χ1v) is 5.62. The van der Waals surface area contributed by atoms with Crippen LogP contribution >= 0.6 is 0 Å². The summed E-state index contributed by atoms with van der Waals surface area (Å²) in [5.41, 5.74) is 7.55. The zero-order chi connectivity index (χ0) is 13.3. The lowest BCUT2D eigenvalue weighted by Crippen LogP contribution is -2.37. The fourth-order valence-corrected chi connectivity index (χ4v) is 2.06. The highest BCUT2D eigenvalue weighted by atomic mass is 19.4. The number of carbonyl (C=O) groups is 1. The second-order valence-electron chi connectivity index (χ2n) is 4.30. The van der Waals surface area contributed by atoms with Crippen LogP contribution in [0, 0.1) is 0 Å². The molecular weight excluding hydrogens is 245 g/mol. The van der Waals surface area contributed by atoms with Crippen molar-refractivity contribution in [1.82, 2.24) is 0 Å². The van der Waals surface area contributed by atoms with Gasteiger partial charge in [-0.1, -0.05) is 0 Å². The van der Waals surface area contributed by atoms with Gasteiger partial charge in [-0.05, 0) is 30.2 Å². The summed E-state index contributed by atoms with van der Waals surface area (Å²) in [7, 11) is 0. The minimum atomic E-state index is -4.26. The molecule has 0 fully saturated rings. The lowest BCUT2D eigenvalue weighted by atomic mass is 10.0. The number of nitrogens with zero attached hydrogens (tertiary/aromatic N) is 1. The van der Waals surface area contributed by atoms with E-state index in [1.807, 2.05) is 0 Å². The summed E-state index contributed by atoms with van der Waals surface area (Å²) in [6.45, 7) is -0.334. The van der Waals surface area contributed by atoms with Gasteiger partial charge in [-0.2, -0.15) is 13.2 Å². The normalized spacial score (nSPS) is 15.7. The second-order valence-corrected chi connectivity index (χ2v) is 4.30. The number of hydrogen-bond acceptors (Lipinski definition) is 2. The molecule has 0 spiro atoms. The molecule has 0 aromatic heterocycles. The predicted octanol–water partition coefficient (Wildman–Crippen LogP) is 2.50. The van der Waals surface area contributed by atoms with Crippen LogP contribution in [0.4, 0.5) is 24.5 Å². The van der Waals surface area contributed by atoms with Crippen molar-refractivity contribution in [2.24, 2.45) is 0 Å². The van der Waals surface area contributed by atoms with Crippen LogP contribution in [0.1, 0.15) is 18.4 Å². The minimum Gasteiger partial charge on any atom is -0.399 e. The maximum atomic E-state index is 12.2. The molecule has 6 heteroatoms. The topological polar surface area (TPSA) is 46.3 Å². The van der Waals surface area contributed by atoms with E-state index >= 15 is 0 Å². The number of halogens is 3. The van der Waals surface area contributed by atoms with Crippen LogP contribution in [0.25, 0.3) is 0 Å². The third-order valence-electron chi connectivity index (χ3n) is 2.92. The summed E-state index contributed by atoms with van der Waals surface area (Å²) in [6.07, 6.45) is -4.50. The number of hydrogen-bond donors (Lipinski definition) is 1. The largest absolute Gasteiger partial charge is 0.399 e. The molecule has 0 atom stereocenters. The van der Waals surface area contributed by atoms with Crippen LogP contribution in [0.5, 0.6) is 0 Å². The molecule has 1 heterocycles. The van der Waals surface area contributed by atoms with Gasteiger partial charge in [0.2, 0.25) is 5.91 Å². The van der Waals surface area contributed by atoms with E-state index in [9.17, 15) is 18.0 Å². The van der Waals surface area contributed by atoms with Crippen molar-refractivity contribution in [3.05, 3.63) is 23.8 Å². The maximum Gasteiger partial charge on any atom is 0.390 e. The van der Waals surface area contributed by atoms with Gasteiger partial charge < -0.3 is 10.6 Å². The van der Waals surface area contributed by atoms with Gasteiger partial charge in [-0.15, -0.1) is 0 Å². The molecule has 1 aromatic carbocycles. The first-order valence-electron chi connectivity index (χ1n) is 5.62. The number of nitrogens with two attached hydrogens (primary N) is 1. The molecule has 0 unspecified atom stereocenters. The van der Waals surface area contributed by atoms with E-state index in [2.05, 4.69) is 0 Å². The first-order chi connectivity index (χ1) is 8.37. The Labute approximate surface area is 102 Å². The Morgan fingerprint density at radius 1 is 1.28 bits per heavy atom. The van der Waals surface area contributed by atoms with Crippen LogP contribution < -0.4 is 10.6 Å². The van der Waals surface area contributed by atoms with E-state index in [-0.39, 0.29) is 18.9 Å². The van der Waals surface area contributed by atoms with Crippen molar-refractivity contribution in [2.75, 3.05) is 17.2 Å². The SMILES string of the molecule is Nc1ccc2c(c1)CCC(=O)N2CCC(F)(F)F. The summed E-state index contributed by atoms with van der Waals surface area (Å²) < 4.78 is 36.7. The van der Waals surface area contributed by atoms with Crippen LogP contribution in [0.15, 0.2) is 18.2 Å². The van der Waals surface area contributed by atoms with E-state index in [0.29, 0.717) is 17.8 Å². The fraction of sp³-hybridized carbons (Fsp3) is 0.417. The van der Waals surface area contributed by atoms with Crippen LogP contribution in [-0.4, -0.2) is 18.6 Å². The number of aryl methyl sites for hydroxylation is 1. The van der Waals surface area contributed by atoms with E-state index < -0.39 is 12.6 Å². The van der Waals surface area contributed by atoms with Crippen molar-refractivity contribution in [2.45, 2.75) is 25.4 Å². The highest BCUT2D eigenvalue weighted by molar-refractivity contribution is 5.96. The summed E-state index contributed by atoms with van der Waals surface area (Å²) in [4.78, 5) is 12.9. The molecule has 1 amide bonds. The number of amides is 1. The number of alkyl halides is 3. The molecule has 1 aromatic rings. The molecule has 2 rings (SSSR count). The molecule has 0 radical (unpaired) electrons. The third kappa shape index (κ3) is 2.75. The first kappa shape index (κ1) is 12.7. The van der Waals surface area contributed by atoms with E-state index in [4.69, 9.17) is 5.73 Å². The quantitative estimate of drug-likeness (QED) is 0.828. The molecule has 1 aliphatic heterocycles. The lowest BCUT2D eigenvalue weighted by Gasteiger charge is -2.30. The van der Waals surface area contributed by atoms with Crippen LogP contribution in [-0.2, 0) is 11.2 Å². The molecular formula is C12H13F3N2O. The van der Waals surface area contributed by atoms with Gasteiger partial charge in [0.15, 0.2) is 0 Å². The van der Waals surface area contributed by atoms with Crippen molar-refractivity contribution in [1.29, 1.82) is 0 Å². The molecule has 0 saturated carbocycles. The van der Waals surface area contributed by atoms with E-state index in [1.165, 1.54) is 4.90 Å². The molecule has 18 heavy (non-hydrogen) atoms. The zero-order valence-corrected chi connectivity index (χ0v) is 9.63. The molecule has 1 aliphatic rings. The summed E-state index contributed by atoms with van der Waals surface area (Å²) >= 11 is 0. The molecule has 2 N–H and O–H groups in total. The Morgan fingerprint density at radius 3 is 2.67 bits per heavy atom. The van der Waals surface area contributed by atoms with Gasteiger partial charge >= 0.3 is 6.18 Å². The van der Waals surface area contributed by atoms with Gasteiger partial charge in [-0.3, -0.25) is 4.79 Å². The molecule has 98 valence electrons. The fourth-order valence-electron chi connectivity index (χ4n) is 2.06. The average molecular weight is 258 g/mol. The zero-order valence-electron chi connectivity index (χ0n) is 9.63. The third-order valence-corrected chi connectivity index (χ3v) is 2.92. The number of benzene rings is 1. The minimum absolute atomic E-state index is 0.230. The summed E-state index contributed by atoms with van der Waals surface area (Å²) in [5, 5.41) is 0. The van der Waals surface area contributed by atoms with Gasteiger partial charge in [-0.25, -0.2) is 0 Å². The molecule has 3 nitrogen and oxygen atoms in total. The predicted molar refractivity (Wildman–Crippen MR) is 62.2 cm³/mol. The molecule has 0 saturated heterocycles. The lowest BCUT2D eigenvalue weighted by molar-refractivity contribution is -0.133. The van der Waals surface area contributed by atoms with E-state index in [1.54, 1.807) is 18.2 Å². The Kier molecular flexibility index (Phi) is 3.19. The van der Waals surface area contributed by atoms with Crippen molar-refractivity contribution in [3.63, 3.8) is 0 Å². The second kappa shape index (κ2) is 4.51. The van der Waals surface area contributed by atoms with Gasteiger partial charge in [0.05, 0.1) is 6.42 Å². The summed E-state index contributed by atoms with van der Waals surface area (Å²) in [5.74, 6) is -0.267. The number of nitrogen functional groups attached to an aromatic ring is 1. The van der Waals surface area contributed by atoms with Crippen molar-refractivity contribution in [3.8, 4) is 0 Å². The Hall–Kier alpha value is -1.72. The molecule has 0 bridgehead atoms. The van der Waals surface area contributed by atoms with Gasteiger partial charge in [0.25, 0.3) is 0 Å². The highest BCUT2D eigenvalue weighted by Gasteiger charge is 2.31. The van der Waals surface area contributed by atoms with Crippen LogP contribution in [0.3, 0.4) is 0 Å². The number of fused-ring (bicyclic) bond motifs is 1. The highest BCUT2D eigenvalue weighted by Crippen LogP contribution is 2.31. The monoisotopic (exact) mass is 258 g/mol. The van der Waals surface area contributed by atoms with Gasteiger partial charge in [0, 0.05) is 24.3 Å².